The van der Waals surface area contributed by atoms with Gasteiger partial charge < -0.3 is 57.5 Å². The summed E-state index contributed by atoms with van der Waals surface area (Å²) in [6, 6.07) is 2.14. The molecule has 0 radical (unpaired) electrons. The van der Waals surface area contributed by atoms with Crippen molar-refractivity contribution in [2.45, 2.75) is 19.3 Å². The third kappa shape index (κ3) is 4.95. The number of nitrogens with two attached hydrogens (primary N) is 1. The molecule has 8 heteroatoms. The van der Waals surface area contributed by atoms with E-state index in [-0.39, 0.29) is 41.5 Å². The molecular weight excluding hydrogens is 347 g/mol. The number of aromatic nitrogens is 1. The number of piperidine rings is 1. The number of nitrogens with zero attached hydrogens (tertiary/aromatic N) is 3. The Labute approximate surface area is 155 Å². The number of ether oxygens (including phenoxy) is 1. The van der Waals surface area contributed by atoms with Gasteiger partial charge in [0.1, 0.15) is 5.82 Å². The van der Waals surface area contributed by atoms with Gasteiger partial charge in [-0.1, -0.05) is 0 Å². The number of pyridine rings is 1. The van der Waals surface area contributed by atoms with Gasteiger partial charge in [0.05, 0.1) is 30.8 Å². The minimum absolute atomic E-state index is 0. The van der Waals surface area contributed by atoms with Crippen LogP contribution in [0.1, 0.15) is 23.5 Å². The second-order valence-corrected chi connectivity index (χ2v) is 5.25. The average molecular weight is 372 g/mol. The zero-order chi connectivity index (χ0) is 13.1. The Balaban J connectivity index is -0.000000367. The van der Waals surface area contributed by atoms with Gasteiger partial charge in [-0.2, -0.15) is 0 Å². The van der Waals surface area contributed by atoms with Gasteiger partial charge in [0.2, 0.25) is 0 Å². The topological polar surface area (TPSA) is 54.6 Å². The number of anilines is 3. The first-order valence-corrected chi connectivity index (χ1v) is 7.18. The molecule has 2 N–H and O–H groups in total. The Morgan fingerprint density at radius 1 is 0.955 bits per heavy atom. The fraction of sp³-hybridized carbons (Fsp3) is 0.643. The molecule has 2 aliphatic heterocycles. The highest BCUT2D eigenvalue weighted by molar-refractivity contribution is 5.70. The SMILES string of the molecule is Nc1cnc(N2CCOCC2)cc1N1CCCCC1.[Cl-].[Cl-].[Cl-].[H+].[H+].[H+]. The van der Waals surface area contributed by atoms with Crippen LogP contribution in [0.15, 0.2) is 12.3 Å². The van der Waals surface area contributed by atoms with Crippen LogP contribution in [0.2, 0.25) is 0 Å². The first kappa shape index (κ1) is 21.4. The van der Waals surface area contributed by atoms with Crippen molar-refractivity contribution in [1.82, 2.24) is 4.98 Å². The van der Waals surface area contributed by atoms with Gasteiger partial charge in [0.15, 0.2) is 0 Å². The highest BCUT2D eigenvalue weighted by Crippen LogP contribution is 2.29. The molecule has 0 aliphatic carbocycles. The minimum atomic E-state index is 0. The fourth-order valence-electron chi connectivity index (χ4n) is 2.82. The fourth-order valence-corrected chi connectivity index (χ4v) is 2.82. The highest BCUT2D eigenvalue weighted by Gasteiger charge is 2.17. The lowest BCUT2D eigenvalue weighted by molar-refractivity contribution is -0.00100. The van der Waals surface area contributed by atoms with Crippen LogP contribution < -0.4 is 52.8 Å². The largest absolute Gasteiger partial charge is 1.00 e. The highest BCUT2D eigenvalue weighted by atomic mass is 35.5. The van der Waals surface area contributed by atoms with Crippen LogP contribution in [-0.2, 0) is 4.74 Å². The number of hydrogen-bond donors (Lipinski definition) is 1. The van der Waals surface area contributed by atoms with E-state index in [0.717, 1.165) is 56.6 Å². The third-order valence-corrected chi connectivity index (χ3v) is 3.93. The first-order valence-electron chi connectivity index (χ1n) is 7.18. The summed E-state index contributed by atoms with van der Waals surface area (Å²) in [6.45, 7) is 5.61. The monoisotopic (exact) mass is 370 g/mol. The van der Waals surface area contributed by atoms with Crippen molar-refractivity contribution in [2.75, 3.05) is 54.9 Å². The smallest absolute Gasteiger partial charge is 1.00 e. The molecule has 1 aromatic heterocycles. The molecule has 128 valence electrons. The number of hydrogen-bond acceptors (Lipinski definition) is 5. The van der Waals surface area contributed by atoms with Gasteiger partial charge in [-0.25, -0.2) is 4.98 Å². The van der Waals surface area contributed by atoms with E-state index in [9.17, 15) is 0 Å². The predicted molar refractivity (Wildman–Crippen MR) is 81.1 cm³/mol. The summed E-state index contributed by atoms with van der Waals surface area (Å²) >= 11 is 0. The molecule has 0 atom stereocenters. The van der Waals surface area contributed by atoms with E-state index in [0.29, 0.717) is 0 Å². The molecule has 3 heterocycles. The first-order chi connectivity index (χ1) is 9.34. The quantitative estimate of drug-likeness (QED) is 0.560. The van der Waals surface area contributed by atoms with Crippen LogP contribution in [0, 0.1) is 0 Å². The predicted octanol–water partition coefficient (Wildman–Crippen LogP) is -7.16. The molecule has 0 saturated carbocycles. The molecule has 0 amide bonds. The van der Waals surface area contributed by atoms with Crippen LogP contribution in [0.5, 0.6) is 0 Å². The van der Waals surface area contributed by atoms with Crippen LogP contribution in [0.4, 0.5) is 17.2 Å². The Hall–Kier alpha value is -0.620. The molecule has 22 heavy (non-hydrogen) atoms. The van der Waals surface area contributed by atoms with Gasteiger partial charge in [-0.3, -0.25) is 0 Å². The van der Waals surface area contributed by atoms with Crippen LogP contribution in [-0.4, -0.2) is 44.4 Å². The van der Waals surface area contributed by atoms with Crippen molar-refractivity contribution < 1.29 is 46.2 Å². The van der Waals surface area contributed by atoms with Crippen molar-refractivity contribution in [3.63, 3.8) is 0 Å². The lowest BCUT2D eigenvalue weighted by Gasteiger charge is -2.32. The summed E-state index contributed by atoms with van der Waals surface area (Å²) < 4.78 is 5.39. The molecule has 0 spiro atoms. The lowest BCUT2D eigenvalue weighted by atomic mass is 10.1. The van der Waals surface area contributed by atoms with Gasteiger partial charge in [-0.05, 0) is 19.3 Å². The van der Waals surface area contributed by atoms with Crippen molar-refractivity contribution in [2.24, 2.45) is 0 Å². The normalized spacial score (nSPS) is 17.8. The summed E-state index contributed by atoms with van der Waals surface area (Å²) in [6.07, 6.45) is 5.65. The summed E-state index contributed by atoms with van der Waals surface area (Å²) in [5, 5.41) is 0. The van der Waals surface area contributed by atoms with E-state index in [2.05, 4.69) is 20.9 Å². The molecule has 3 rings (SSSR count). The number of nitrogen functional groups attached to an aromatic ring is 1. The molecule has 5 nitrogen and oxygen atoms in total. The van der Waals surface area contributed by atoms with Crippen molar-refractivity contribution in [3.8, 4) is 0 Å². The van der Waals surface area contributed by atoms with E-state index in [1.54, 1.807) is 6.20 Å². The Morgan fingerprint density at radius 2 is 1.59 bits per heavy atom. The molecule has 2 aliphatic rings. The lowest BCUT2D eigenvalue weighted by Crippen LogP contribution is -3.00. The minimum Gasteiger partial charge on any atom is -1.00 e. The van der Waals surface area contributed by atoms with Crippen LogP contribution in [0.3, 0.4) is 0 Å². The summed E-state index contributed by atoms with van der Waals surface area (Å²) in [7, 11) is 0. The molecular formula is C14H25Cl3N4O. The van der Waals surface area contributed by atoms with Crippen LogP contribution >= 0.6 is 0 Å². The van der Waals surface area contributed by atoms with Gasteiger partial charge in [-0.15, -0.1) is 0 Å². The average Bonchev–Trinajstić information content (AvgIpc) is 2.49. The van der Waals surface area contributed by atoms with E-state index in [4.69, 9.17) is 10.5 Å². The van der Waals surface area contributed by atoms with Gasteiger partial charge in [0.25, 0.3) is 0 Å². The van der Waals surface area contributed by atoms with Gasteiger partial charge >= 0.3 is 4.28 Å². The van der Waals surface area contributed by atoms with E-state index < -0.39 is 0 Å². The second-order valence-electron chi connectivity index (χ2n) is 5.25. The number of halogens is 3. The Kier molecular flexibility index (Phi) is 9.92. The molecule has 2 saturated heterocycles. The Morgan fingerprint density at radius 3 is 2.23 bits per heavy atom. The van der Waals surface area contributed by atoms with E-state index in [1.807, 2.05) is 0 Å². The van der Waals surface area contributed by atoms with Crippen LogP contribution in [0.25, 0.3) is 0 Å². The summed E-state index contributed by atoms with van der Waals surface area (Å²) in [5.41, 5.74) is 8.04. The van der Waals surface area contributed by atoms with Crippen molar-refractivity contribution >= 4 is 17.2 Å². The van der Waals surface area contributed by atoms with E-state index >= 15 is 0 Å². The van der Waals surface area contributed by atoms with Crippen molar-refractivity contribution in [3.05, 3.63) is 12.3 Å². The van der Waals surface area contributed by atoms with Gasteiger partial charge in [0, 0.05) is 32.2 Å². The molecule has 2 fully saturated rings. The maximum Gasteiger partial charge on any atom is 1.00 e. The maximum atomic E-state index is 6.10. The number of morpholine rings is 1. The zero-order valence-electron chi connectivity index (χ0n) is 15.5. The molecule has 1 aromatic rings. The molecule has 0 aromatic carbocycles. The third-order valence-electron chi connectivity index (χ3n) is 3.93. The standard InChI is InChI=1S/C14H22N4O.3ClH/c15-12-11-16-14(18-6-8-19-9-7-18)10-13(12)17-4-2-1-3-5-17;;;/h10-11H,1-9,15H2;3*1H. The summed E-state index contributed by atoms with van der Waals surface area (Å²) in [4.78, 5) is 9.14. The van der Waals surface area contributed by atoms with Crippen molar-refractivity contribution in [1.29, 1.82) is 0 Å². The second kappa shape index (κ2) is 10.2. The summed E-state index contributed by atoms with van der Waals surface area (Å²) in [5.74, 6) is 1.03. The zero-order valence-corrected chi connectivity index (χ0v) is 14.7. The molecule has 0 bridgehead atoms. The Bertz CT molecular complexity index is 451. The number of rotatable bonds is 2. The molecule has 0 unspecified atom stereocenters. The van der Waals surface area contributed by atoms with E-state index in [1.165, 1.54) is 19.3 Å². The maximum absolute atomic E-state index is 6.10.